The van der Waals surface area contributed by atoms with Gasteiger partial charge in [-0.05, 0) is 57.5 Å². The zero-order valence-electron chi connectivity index (χ0n) is 17.5. The Kier molecular flexibility index (Phi) is 6.14. The molecule has 1 amide bonds. The third kappa shape index (κ3) is 4.01. The molecule has 0 saturated carbocycles. The lowest BCUT2D eigenvalue weighted by Crippen LogP contribution is -2.58. The molecule has 0 aliphatic carbocycles. The Morgan fingerprint density at radius 2 is 1.93 bits per heavy atom. The lowest BCUT2D eigenvalue weighted by atomic mass is 9.79. The van der Waals surface area contributed by atoms with E-state index in [0.29, 0.717) is 30.0 Å². The maximum absolute atomic E-state index is 13.8. The van der Waals surface area contributed by atoms with Crippen molar-refractivity contribution in [3.63, 3.8) is 0 Å². The van der Waals surface area contributed by atoms with Crippen molar-refractivity contribution in [3.8, 4) is 5.88 Å². The summed E-state index contributed by atoms with van der Waals surface area (Å²) in [6.07, 6.45) is 6.09. The van der Waals surface area contributed by atoms with E-state index in [9.17, 15) is 4.79 Å². The highest BCUT2D eigenvalue weighted by molar-refractivity contribution is 5.96. The molecule has 1 aromatic carbocycles. The summed E-state index contributed by atoms with van der Waals surface area (Å²) in [4.78, 5) is 22.7. The molecule has 154 valence electrons. The van der Waals surface area contributed by atoms with Gasteiger partial charge in [-0.1, -0.05) is 36.8 Å². The number of aromatic nitrogens is 1. The maximum atomic E-state index is 13.8. The van der Waals surface area contributed by atoms with Crippen LogP contribution in [0.2, 0.25) is 0 Å². The third-order valence-corrected chi connectivity index (χ3v) is 6.45. The van der Waals surface area contributed by atoms with Gasteiger partial charge >= 0.3 is 0 Å². The first-order valence-corrected chi connectivity index (χ1v) is 10.8. The van der Waals surface area contributed by atoms with Gasteiger partial charge in [0.05, 0.1) is 12.6 Å². The second-order valence-corrected chi connectivity index (χ2v) is 8.13. The topological polar surface area (TPSA) is 45.7 Å². The molecule has 2 aliphatic rings. The number of pyridine rings is 1. The van der Waals surface area contributed by atoms with Gasteiger partial charge in [-0.25, -0.2) is 4.98 Å². The van der Waals surface area contributed by atoms with Crippen LogP contribution in [0.4, 0.5) is 0 Å². The van der Waals surface area contributed by atoms with Crippen molar-refractivity contribution in [2.45, 2.75) is 50.6 Å². The van der Waals surface area contributed by atoms with Gasteiger partial charge in [0.2, 0.25) is 5.88 Å². The SMILES string of the molecule is CCOc1ncccc1C(=O)N1CCCC[C@@H]2[C@H]1[C@@H](c1ccccc1)CCN2C. The fourth-order valence-corrected chi connectivity index (χ4v) is 5.07. The van der Waals surface area contributed by atoms with Crippen LogP contribution in [-0.2, 0) is 0 Å². The summed E-state index contributed by atoms with van der Waals surface area (Å²) < 4.78 is 5.68. The van der Waals surface area contributed by atoms with Gasteiger partial charge < -0.3 is 14.5 Å². The Hall–Kier alpha value is -2.40. The van der Waals surface area contributed by atoms with Crippen LogP contribution >= 0.6 is 0 Å². The number of carbonyl (C=O) groups is 1. The van der Waals surface area contributed by atoms with Gasteiger partial charge in [0, 0.05) is 24.7 Å². The molecule has 0 radical (unpaired) electrons. The lowest BCUT2D eigenvalue weighted by molar-refractivity contribution is 0.0343. The van der Waals surface area contributed by atoms with Gasteiger partial charge in [0.25, 0.3) is 5.91 Å². The molecule has 2 saturated heterocycles. The number of rotatable bonds is 4. The normalized spacial score (nSPS) is 25.2. The molecule has 0 spiro atoms. The standard InChI is InChI=1S/C24H31N3O2/c1-3-29-23-20(12-9-15-25-23)24(28)27-16-8-7-13-21-22(27)19(14-17-26(21)2)18-10-5-4-6-11-18/h4-6,9-12,15,19,21-22H,3,7-8,13-14,16-17H2,1-2H3/t19-,21-,22-/m1/s1. The molecule has 2 fully saturated rings. The molecule has 0 N–H and O–H groups in total. The number of carbonyl (C=O) groups excluding carboxylic acids is 1. The summed E-state index contributed by atoms with van der Waals surface area (Å²) in [5.74, 6) is 0.850. The van der Waals surface area contributed by atoms with Crippen LogP contribution < -0.4 is 4.74 Å². The molecule has 0 bridgehead atoms. The monoisotopic (exact) mass is 393 g/mol. The van der Waals surface area contributed by atoms with Crippen LogP contribution in [-0.4, -0.2) is 59.5 Å². The Morgan fingerprint density at radius 3 is 2.72 bits per heavy atom. The summed E-state index contributed by atoms with van der Waals surface area (Å²) in [5, 5.41) is 0. The minimum absolute atomic E-state index is 0.0506. The van der Waals surface area contributed by atoms with Crippen molar-refractivity contribution < 1.29 is 9.53 Å². The van der Waals surface area contributed by atoms with Gasteiger partial charge in [-0.3, -0.25) is 4.79 Å². The van der Waals surface area contributed by atoms with E-state index in [4.69, 9.17) is 4.74 Å². The van der Waals surface area contributed by atoms with Crippen LogP contribution in [0.15, 0.2) is 48.7 Å². The van der Waals surface area contributed by atoms with Gasteiger partial charge in [-0.2, -0.15) is 0 Å². The number of piperidine rings is 1. The zero-order valence-corrected chi connectivity index (χ0v) is 17.5. The van der Waals surface area contributed by atoms with Gasteiger partial charge in [-0.15, -0.1) is 0 Å². The quantitative estimate of drug-likeness (QED) is 0.789. The number of fused-ring (bicyclic) bond motifs is 1. The Bertz CT molecular complexity index is 826. The highest BCUT2D eigenvalue weighted by atomic mass is 16.5. The number of ether oxygens (including phenoxy) is 1. The minimum Gasteiger partial charge on any atom is -0.477 e. The van der Waals surface area contributed by atoms with Crippen molar-refractivity contribution in [3.05, 3.63) is 59.8 Å². The molecule has 29 heavy (non-hydrogen) atoms. The maximum Gasteiger partial charge on any atom is 0.259 e. The van der Waals surface area contributed by atoms with E-state index >= 15 is 0 Å². The zero-order chi connectivity index (χ0) is 20.2. The molecular formula is C24H31N3O2. The van der Waals surface area contributed by atoms with E-state index in [2.05, 4.69) is 52.2 Å². The van der Waals surface area contributed by atoms with Crippen LogP contribution in [0, 0.1) is 0 Å². The summed E-state index contributed by atoms with van der Waals surface area (Å²) in [6, 6.07) is 15.0. The first-order valence-electron chi connectivity index (χ1n) is 10.8. The fourth-order valence-electron chi connectivity index (χ4n) is 5.07. The summed E-state index contributed by atoms with van der Waals surface area (Å²) in [6.45, 7) is 4.28. The molecule has 3 heterocycles. The highest BCUT2D eigenvalue weighted by Crippen LogP contribution is 2.39. The second-order valence-electron chi connectivity index (χ2n) is 8.13. The average Bonchev–Trinajstić information content (AvgIpc) is 2.99. The number of hydrogen-bond donors (Lipinski definition) is 0. The summed E-state index contributed by atoms with van der Waals surface area (Å²) in [7, 11) is 2.21. The van der Waals surface area contributed by atoms with Crippen LogP contribution in [0.5, 0.6) is 5.88 Å². The van der Waals surface area contributed by atoms with Gasteiger partial charge in [0.1, 0.15) is 5.56 Å². The number of likely N-dealkylation sites (N-methyl/N-ethyl adjacent to an activating group) is 1. The van der Waals surface area contributed by atoms with Crippen LogP contribution in [0.1, 0.15) is 54.4 Å². The first kappa shape index (κ1) is 19.9. The molecule has 5 heteroatoms. The number of benzene rings is 1. The largest absolute Gasteiger partial charge is 0.477 e. The third-order valence-electron chi connectivity index (χ3n) is 6.45. The Morgan fingerprint density at radius 1 is 1.10 bits per heavy atom. The Balaban J connectivity index is 1.73. The van der Waals surface area contributed by atoms with E-state index in [1.165, 1.54) is 5.56 Å². The average molecular weight is 394 g/mol. The molecule has 0 unspecified atom stereocenters. The van der Waals surface area contributed by atoms with Crippen LogP contribution in [0.25, 0.3) is 0 Å². The van der Waals surface area contributed by atoms with Crippen molar-refractivity contribution in [2.75, 3.05) is 26.7 Å². The van der Waals surface area contributed by atoms with Gasteiger partial charge in [0.15, 0.2) is 0 Å². The van der Waals surface area contributed by atoms with Crippen molar-refractivity contribution in [1.82, 2.24) is 14.8 Å². The van der Waals surface area contributed by atoms with Crippen LogP contribution in [0.3, 0.4) is 0 Å². The molecule has 4 rings (SSSR count). The molecular weight excluding hydrogens is 362 g/mol. The smallest absolute Gasteiger partial charge is 0.259 e. The van der Waals surface area contributed by atoms with E-state index in [0.717, 1.165) is 38.8 Å². The summed E-state index contributed by atoms with van der Waals surface area (Å²) in [5.41, 5.74) is 1.92. The second kappa shape index (κ2) is 8.95. The van der Waals surface area contributed by atoms with Crippen molar-refractivity contribution >= 4 is 5.91 Å². The molecule has 2 aromatic rings. The predicted molar refractivity (Wildman–Crippen MR) is 114 cm³/mol. The van der Waals surface area contributed by atoms with Crippen molar-refractivity contribution in [2.24, 2.45) is 0 Å². The number of nitrogens with zero attached hydrogens (tertiary/aromatic N) is 3. The van der Waals surface area contributed by atoms with E-state index in [1.807, 2.05) is 19.1 Å². The fraction of sp³-hybridized carbons (Fsp3) is 0.500. The van der Waals surface area contributed by atoms with Crippen molar-refractivity contribution in [1.29, 1.82) is 0 Å². The lowest BCUT2D eigenvalue weighted by Gasteiger charge is -2.48. The molecule has 2 aliphatic heterocycles. The summed E-state index contributed by atoms with van der Waals surface area (Å²) >= 11 is 0. The molecule has 1 aromatic heterocycles. The predicted octanol–water partition coefficient (Wildman–Crippen LogP) is 3.96. The Labute approximate surface area is 173 Å². The highest BCUT2D eigenvalue weighted by Gasteiger charge is 2.43. The minimum atomic E-state index is 0.0506. The number of likely N-dealkylation sites (tertiary alicyclic amines) is 2. The number of amides is 1. The molecule has 5 nitrogen and oxygen atoms in total. The van der Waals surface area contributed by atoms with E-state index < -0.39 is 0 Å². The van der Waals surface area contributed by atoms with E-state index in [1.54, 1.807) is 6.20 Å². The van der Waals surface area contributed by atoms with E-state index in [-0.39, 0.29) is 11.9 Å². The number of hydrogen-bond acceptors (Lipinski definition) is 4. The molecule has 3 atom stereocenters. The first-order chi connectivity index (χ1) is 14.2.